The lowest BCUT2D eigenvalue weighted by molar-refractivity contribution is -0.379. The van der Waals surface area contributed by atoms with E-state index in [2.05, 4.69) is 6.92 Å². The van der Waals surface area contributed by atoms with Crippen molar-refractivity contribution in [2.45, 2.75) is 122 Å². The summed E-state index contributed by atoms with van der Waals surface area (Å²) in [4.78, 5) is 0. The monoisotopic (exact) mass is 376 g/mol. The molecule has 0 saturated heterocycles. The van der Waals surface area contributed by atoms with Crippen LogP contribution in [0.15, 0.2) is 0 Å². The van der Waals surface area contributed by atoms with Crippen LogP contribution in [0.25, 0.3) is 0 Å². The molecule has 0 saturated carbocycles. The Hall–Kier alpha value is -0.200. The van der Waals surface area contributed by atoms with Gasteiger partial charge in [0.25, 0.3) is 0 Å². The van der Waals surface area contributed by atoms with E-state index in [9.17, 15) is 10.2 Å². The smallest absolute Gasteiger partial charge is 0.307 e. The molecular weight excluding hydrogens is 332 g/mol. The predicted octanol–water partition coefficient (Wildman–Crippen LogP) is 4.26. The number of hydrogen-bond acceptors (Lipinski definition) is 5. The van der Waals surface area contributed by atoms with Crippen LogP contribution >= 0.6 is 0 Å². The van der Waals surface area contributed by atoms with Crippen LogP contribution in [0.1, 0.15) is 110 Å². The molecule has 0 radical (unpaired) electrons. The number of unbranched alkanes of at least 4 members (excludes halogenated alkanes) is 15. The Morgan fingerprint density at radius 1 is 0.654 bits per heavy atom. The third-order valence-electron chi connectivity index (χ3n) is 4.92. The predicted molar refractivity (Wildman–Crippen MR) is 106 cm³/mol. The molecule has 158 valence electrons. The van der Waals surface area contributed by atoms with Gasteiger partial charge in [-0.15, -0.1) is 0 Å². The Morgan fingerprint density at radius 2 is 1.00 bits per heavy atom. The molecule has 0 spiro atoms. The third kappa shape index (κ3) is 16.0. The summed E-state index contributed by atoms with van der Waals surface area (Å²) < 4.78 is 4.80. The maximum atomic E-state index is 9.33. The van der Waals surface area contributed by atoms with Gasteiger partial charge in [0.05, 0.1) is 13.2 Å². The first-order valence-electron chi connectivity index (χ1n) is 10.9. The Morgan fingerprint density at radius 3 is 1.35 bits per heavy atom. The fourth-order valence-corrected chi connectivity index (χ4v) is 3.09. The van der Waals surface area contributed by atoms with Crippen molar-refractivity contribution in [3.8, 4) is 0 Å². The van der Waals surface area contributed by atoms with Crippen LogP contribution in [0, 0.1) is 0 Å². The number of hydrogen-bond donors (Lipinski definition) is 4. The average molecular weight is 377 g/mol. The van der Waals surface area contributed by atoms with E-state index in [4.69, 9.17) is 14.9 Å². The number of aliphatic hydroxyl groups excluding tert-OH is 2. The zero-order chi connectivity index (χ0) is 19.5. The minimum absolute atomic E-state index is 0.169. The van der Waals surface area contributed by atoms with Gasteiger partial charge in [-0.3, -0.25) is 0 Å². The summed E-state index contributed by atoms with van der Waals surface area (Å²) in [5, 5.41) is 36.5. The van der Waals surface area contributed by atoms with Crippen molar-refractivity contribution >= 4 is 0 Å². The van der Waals surface area contributed by atoms with Gasteiger partial charge in [0.2, 0.25) is 0 Å². The molecule has 0 aromatic heterocycles. The van der Waals surface area contributed by atoms with Crippen LogP contribution in [0.4, 0.5) is 0 Å². The maximum Gasteiger partial charge on any atom is 0.307 e. The topological polar surface area (TPSA) is 90.2 Å². The van der Waals surface area contributed by atoms with Gasteiger partial charge in [-0.1, -0.05) is 103 Å². The second kappa shape index (κ2) is 18.2. The summed E-state index contributed by atoms with van der Waals surface area (Å²) >= 11 is 0. The highest BCUT2D eigenvalue weighted by Gasteiger charge is 2.33. The summed E-state index contributed by atoms with van der Waals surface area (Å²) in [5.74, 6) is -2.65. The molecular formula is C21H44O5. The largest absolute Gasteiger partial charge is 0.393 e. The highest BCUT2D eigenvalue weighted by Crippen LogP contribution is 2.14. The molecule has 0 amide bonds. The van der Waals surface area contributed by atoms with Gasteiger partial charge >= 0.3 is 5.97 Å². The number of rotatable bonds is 20. The Labute approximate surface area is 160 Å². The van der Waals surface area contributed by atoms with Crippen molar-refractivity contribution in [1.29, 1.82) is 0 Å². The standard InChI is InChI=1S/C21H44O5/c1-2-3-4-5-6-7-8-9-10-11-12-13-14-15-16-17-18-26-21(24,25)20(23)19-22/h20,22-25H,2-19H2,1H3. The molecule has 0 aromatic carbocycles. The fourth-order valence-electron chi connectivity index (χ4n) is 3.09. The van der Waals surface area contributed by atoms with Crippen LogP contribution in [0.5, 0.6) is 0 Å². The highest BCUT2D eigenvalue weighted by atomic mass is 16.8. The lowest BCUT2D eigenvalue weighted by Gasteiger charge is -2.25. The molecule has 0 heterocycles. The van der Waals surface area contributed by atoms with E-state index in [-0.39, 0.29) is 6.61 Å². The summed E-state index contributed by atoms with van der Waals surface area (Å²) in [6.45, 7) is 1.69. The van der Waals surface area contributed by atoms with Crippen LogP contribution in [-0.2, 0) is 4.74 Å². The molecule has 4 N–H and O–H groups in total. The molecule has 0 aliphatic heterocycles. The lowest BCUT2D eigenvalue weighted by Crippen LogP contribution is -2.47. The van der Waals surface area contributed by atoms with Gasteiger partial charge in [-0.05, 0) is 6.42 Å². The van der Waals surface area contributed by atoms with Crippen molar-refractivity contribution in [2.24, 2.45) is 0 Å². The molecule has 5 nitrogen and oxygen atoms in total. The Kier molecular flexibility index (Phi) is 18.0. The van der Waals surface area contributed by atoms with Gasteiger partial charge in [0.15, 0.2) is 6.10 Å². The van der Waals surface area contributed by atoms with E-state index in [1.54, 1.807) is 0 Å². The van der Waals surface area contributed by atoms with Gasteiger partial charge in [0.1, 0.15) is 0 Å². The van der Waals surface area contributed by atoms with Crippen LogP contribution in [0.2, 0.25) is 0 Å². The van der Waals surface area contributed by atoms with E-state index < -0.39 is 18.7 Å². The molecule has 0 aliphatic rings. The zero-order valence-corrected chi connectivity index (χ0v) is 17.0. The van der Waals surface area contributed by atoms with Crippen LogP contribution in [-0.4, -0.2) is 45.7 Å². The second-order valence-electron chi connectivity index (χ2n) is 7.51. The molecule has 0 aliphatic carbocycles. The van der Waals surface area contributed by atoms with E-state index in [1.807, 2.05) is 0 Å². The van der Waals surface area contributed by atoms with Crippen molar-refractivity contribution in [3.63, 3.8) is 0 Å². The maximum absolute atomic E-state index is 9.33. The quantitative estimate of drug-likeness (QED) is 0.188. The van der Waals surface area contributed by atoms with Crippen molar-refractivity contribution in [1.82, 2.24) is 0 Å². The summed E-state index contributed by atoms with van der Waals surface area (Å²) in [6.07, 6.45) is 18.8. The summed E-state index contributed by atoms with van der Waals surface area (Å²) in [6, 6.07) is 0. The fraction of sp³-hybridized carbons (Fsp3) is 1.00. The Bertz CT molecular complexity index is 284. The first-order valence-corrected chi connectivity index (χ1v) is 10.9. The van der Waals surface area contributed by atoms with E-state index in [0.29, 0.717) is 0 Å². The van der Waals surface area contributed by atoms with E-state index in [0.717, 1.165) is 19.3 Å². The molecule has 26 heavy (non-hydrogen) atoms. The first-order chi connectivity index (χ1) is 12.5. The van der Waals surface area contributed by atoms with Gasteiger partial charge in [-0.2, -0.15) is 0 Å². The molecule has 0 bridgehead atoms. The molecule has 5 heteroatoms. The van der Waals surface area contributed by atoms with Gasteiger partial charge in [-0.25, -0.2) is 0 Å². The molecule has 0 rings (SSSR count). The Balaban J connectivity index is 3.18. The van der Waals surface area contributed by atoms with Gasteiger partial charge in [0, 0.05) is 0 Å². The molecule has 0 fully saturated rings. The van der Waals surface area contributed by atoms with E-state index in [1.165, 1.54) is 83.5 Å². The summed E-state index contributed by atoms with van der Waals surface area (Å²) in [5.41, 5.74) is 0. The normalized spacial score (nSPS) is 13.3. The van der Waals surface area contributed by atoms with Crippen LogP contribution < -0.4 is 0 Å². The SMILES string of the molecule is CCCCCCCCCCCCCCCCCCOC(O)(O)C(O)CO. The molecule has 1 atom stereocenters. The average Bonchev–Trinajstić information content (AvgIpc) is 2.63. The van der Waals surface area contributed by atoms with Gasteiger partial charge < -0.3 is 25.2 Å². The van der Waals surface area contributed by atoms with Crippen molar-refractivity contribution in [3.05, 3.63) is 0 Å². The van der Waals surface area contributed by atoms with Crippen molar-refractivity contribution < 1.29 is 25.2 Å². The highest BCUT2D eigenvalue weighted by molar-refractivity contribution is 4.63. The third-order valence-corrected chi connectivity index (χ3v) is 4.92. The minimum Gasteiger partial charge on any atom is -0.393 e. The summed E-state index contributed by atoms with van der Waals surface area (Å²) in [7, 11) is 0. The van der Waals surface area contributed by atoms with E-state index >= 15 is 0 Å². The number of ether oxygens (including phenoxy) is 1. The zero-order valence-electron chi connectivity index (χ0n) is 17.0. The minimum atomic E-state index is -2.65. The second-order valence-corrected chi connectivity index (χ2v) is 7.51. The van der Waals surface area contributed by atoms with Crippen molar-refractivity contribution in [2.75, 3.05) is 13.2 Å². The number of aliphatic hydroxyl groups is 4. The van der Waals surface area contributed by atoms with Crippen LogP contribution in [0.3, 0.4) is 0 Å². The first kappa shape index (κ1) is 25.8. The lowest BCUT2D eigenvalue weighted by atomic mass is 10.0. The molecule has 1 unspecified atom stereocenters. The molecule has 0 aromatic rings.